The average molecular weight is 518 g/mol. The van der Waals surface area contributed by atoms with E-state index in [9.17, 15) is 0 Å². The van der Waals surface area contributed by atoms with Gasteiger partial charge in [-0.15, -0.1) is 24.0 Å². The number of aromatic nitrogens is 2. The highest BCUT2D eigenvalue weighted by atomic mass is 127. The Hall–Kier alpha value is -2.13. The van der Waals surface area contributed by atoms with Crippen molar-refractivity contribution in [1.29, 1.82) is 0 Å². The van der Waals surface area contributed by atoms with Gasteiger partial charge in [-0.3, -0.25) is 9.89 Å². The van der Waals surface area contributed by atoms with E-state index in [4.69, 9.17) is 4.98 Å². The maximum atomic E-state index is 4.70. The van der Waals surface area contributed by atoms with Crippen molar-refractivity contribution in [2.75, 3.05) is 20.1 Å². The van der Waals surface area contributed by atoms with Crippen molar-refractivity contribution in [3.05, 3.63) is 65.5 Å². The number of halogens is 1. The molecule has 0 saturated carbocycles. The maximum absolute atomic E-state index is 4.70. The van der Waals surface area contributed by atoms with Crippen molar-refractivity contribution in [1.82, 2.24) is 25.1 Å². The largest absolute Gasteiger partial charge is 0.352 e. The Kier molecular flexibility index (Phi) is 8.09. The lowest BCUT2D eigenvalue weighted by Gasteiger charge is -2.15. The third-order valence-electron chi connectivity index (χ3n) is 5.61. The molecule has 1 aliphatic heterocycles. The molecule has 0 atom stereocenters. The van der Waals surface area contributed by atoms with Crippen LogP contribution in [0.5, 0.6) is 0 Å². The van der Waals surface area contributed by atoms with E-state index in [-0.39, 0.29) is 24.0 Å². The highest BCUT2D eigenvalue weighted by molar-refractivity contribution is 14.0. The third kappa shape index (κ3) is 5.51. The fraction of sp³-hybridized carbons (Fsp3) is 0.391. The van der Waals surface area contributed by atoms with Crippen LogP contribution < -0.4 is 10.6 Å². The molecule has 1 saturated heterocycles. The van der Waals surface area contributed by atoms with Gasteiger partial charge in [0.1, 0.15) is 5.82 Å². The van der Waals surface area contributed by atoms with Crippen LogP contribution in [0.4, 0.5) is 0 Å². The number of nitrogens with zero attached hydrogens (tertiary/aromatic N) is 4. The summed E-state index contributed by atoms with van der Waals surface area (Å²) in [5.41, 5.74) is 4.80. The minimum Gasteiger partial charge on any atom is -0.352 e. The Labute approximate surface area is 195 Å². The second-order valence-corrected chi connectivity index (χ2v) is 7.65. The molecule has 0 radical (unpaired) electrons. The quantitative estimate of drug-likeness (QED) is 0.297. The van der Waals surface area contributed by atoms with E-state index < -0.39 is 0 Å². The van der Waals surface area contributed by atoms with Gasteiger partial charge in [0.2, 0.25) is 0 Å². The van der Waals surface area contributed by atoms with Crippen LogP contribution >= 0.6 is 24.0 Å². The van der Waals surface area contributed by atoms with Gasteiger partial charge in [-0.05, 0) is 49.2 Å². The molecule has 0 spiro atoms. The number of guanidine groups is 1. The van der Waals surface area contributed by atoms with Crippen LogP contribution in [-0.4, -0.2) is 40.5 Å². The van der Waals surface area contributed by atoms with E-state index in [1.54, 1.807) is 7.05 Å². The number of aryl methyl sites for hydroxylation is 1. The fourth-order valence-corrected chi connectivity index (χ4v) is 3.88. The van der Waals surface area contributed by atoms with E-state index in [1.807, 2.05) is 25.2 Å². The van der Waals surface area contributed by atoms with Gasteiger partial charge in [0.05, 0.1) is 17.6 Å². The van der Waals surface area contributed by atoms with Crippen LogP contribution in [-0.2, 0) is 26.7 Å². The number of hydrogen-bond donors (Lipinski definition) is 2. The summed E-state index contributed by atoms with van der Waals surface area (Å²) in [7, 11) is 3.84. The molecule has 0 unspecified atom stereocenters. The van der Waals surface area contributed by atoms with Gasteiger partial charge in [-0.25, -0.2) is 4.98 Å². The summed E-state index contributed by atoms with van der Waals surface area (Å²) in [4.78, 5) is 11.6. The van der Waals surface area contributed by atoms with Crippen molar-refractivity contribution in [3.63, 3.8) is 0 Å². The summed E-state index contributed by atoms with van der Waals surface area (Å²) < 4.78 is 2.12. The number of para-hydroxylation sites is 2. The normalized spacial score (nSPS) is 14.7. The zero-order valence-corrected chi connectivity index (χ0v) is 20.1. The number of aliphatic imine (C=N–C) groups is 1. The average Bonchev–Trinajstić information content (AvgIpc) is 3.37. The van der Waals surface area contributed by atoms with Gasteiger partial charge in [0.15, 0.2) is 5.96 Å². The first-order valence-electron chi connectivity index (χ1n) is 10.4. The molecule has 1 fully saturated rings. The lowest BCUT2D eigenvalue weighted by atomic mass is 10.1. The third-order valence-corrected chi connectivity index (χ3v) is 5.61. The second-order valence-electron chi connectivity index (χ2n) is 7.65. The van der Waals surface area contributed by atoms with E-state index in [0.717, 1.165) is 35.9 Å². The minimum atomic E-state index is 0. The monoisotopic (exact) mass is 518 g/mol. The highest BCUT2D eigenvalue weighted by Crippen LogP contribution is 2.14. The summed E-state index contributed by atoms with van der Waals surface area (Å²) in [5, 5.41) is 6.76. The Morgan fingerprint density at radius 3 is 2.33 bits per heavy atom. The molecule has 160 valence electrons. The molecular weight excluding hydrogens is 487 g/mol. The molecule has 30 heavy (non-hydrogen) atoms. The molecule has 6 nitrogen and oxygen atoms in total. The lowest BCUT2D eigenvalue weighted by Crippen LogP contribution is -2.36. The first kappa shape index (κ1) is 22.6. The molecule has 1 aliphatic rings. The Balaban J connectivity index is 0.00000256. The molecule has 2 N–H and O–H groups in total. The lowest BCUT2D eigenvalue weighted by molar-refractivity contribution is 0.331. The maximum Gasteiger partial charge on any atom is 0.191 e. The molecular formula is C23H31IN6. The van der Waals surface area contributed by atoms with Crippen molar-refractivity contribution < 1.29 is 0 Å². The number of nitrogens with one attached hydrogen (secondary N) is 2. The summed E-state index contributed by atoms with van der Waals surface area (Å²) in [5.74, 6) is 1.76. The number of likely N-dealkylation sites (tertiary alicyclic amines) is 1. The topological polar surface area (TPSA) is 57.5 Å². The molecule has 2 aromatic carbocycles. The molecule has 0 amide bonds. The SMILES string of the molecule is CN=C(NCc1ccc(CN2CCCC2)cc1)NCc1nc2ccccc2n1C.I. The van der Waals surface area contributed by atoms with Gasteiger partial charge in [-0.1, -0.05) is 36.4 Å². The van der Waals surface area contributed by atoms with Crippen LogP contribution in [0.1, 0.15) is 29.8 Å². The van der Waals surface area contributed by atoms with E-state index >= 15 is 0 Å². The Bertz CT molecular complexity index is 973. The first-order chi connectivity index (χ1) is 14.2. The predicted molar refractivity (Wildman–Crippen MR) is 134 cm³/mol. The predicted octanol–water partition coefficient (Wildman–Crippen LogP) is 3.65. The zero-order valence-electron chi connectivity index (χ0n) is 17.8. The Morgan fingerprint density at radius 1 is 0.967 bits per heavy atom. The summed E-state index contributed by atoms with van der Waals surface area (Å²) >= 11 is 0. The van der Waals surface area contributed by atoms with E-state index in [1.165, 1.54) is 37.1 Å². The van der Waals surface area contributed by atoms with Crippen molar-refractivity contribution in [3.8, 4) is 0 Å². The summed E-state index contributed by atoms with van der Waals surface area (Å²) in [6.07, 6.45) is 2.67. The molecule has 4 rings (SSSR count). The van der Waals surface area contributed by atoms with Gasteiger partial charge < -0.3 is 15.2 Å². The van der Waals surface area contributed by atoms with Gasteiger partial charge in [-0.2, -0.15) is 0 Å². The number of fused-ring (bicyclic) bond motifs is 1. The van der Waals surface area contributed by atoms with Crippen LogP contribution in [0.2, 0.25) is 0 Å². The highest BCUT2D eigenvalue weighted by Gasteiger charge is 2.11. The minimum absolute atomic E-state index is 0. The molecule has 3 aromatic rings. The number of imidazole rings is 1. The standard InChI is InChI=1S/C23H30N6.HI/c1-24-23(26-16-22-27-20-7-3-4-8-21(20)28(22)2)25-15-18-9-11-19(12-10-18)17-29-13-5-6-14-29;/h3-4,7-12H,5-6,13-17H2,1-2H3,(H2,24,25,26);1H. The van der Waals surface area contributed by atoms with Gasteiger partial charge >= 0.3 is 0 Å². The van der Waals surface area contributed by atoms with Crippen LogP contribution in [0, 0.1) is 0 Å². The number of benzene rings is 2. The summed E-state index contributed by atoms with van der Waals surface area (Å²) in [6.45, 7) is 4.90. The van der Waals surface area contributed by atoms with Gasteiger partial charge in [0.25, 0.3) is 0 Å². The molecule has 1 aromatic heterocycles. The van der Waals surface area contributed by atoms with Crippen molar-refractivity contribution in [2.45, 2.75) is 32.5 Å². The fourth-order valence-electron chi connectivity index (χ4n) is 3.88. The molecule has 0 aliphatic carbocycles. The Morgan fingerprint density at radius 2 is 1.63 bits per heavy atom. The van der Waals surface area contributed by atoms with Crippen LogP contribution in [0.25, 0.3) is 11.0 Å². The summed E-state index contributed by atoms with van der Waals surface area (Å²) in [6, 6.07) is 17.1. The number of hydrogen-bond acceptors (Lipinski definition) is 3. The van der Waals surface area contributed by atoms with Crippen LogP contribution in [0.15, 0.2) is 53.5 Å². The van der Waals surface area contributed by atoms with E-state index in [2.05, 4.69) is 55.4 Å². The zero-order chi connectivity index (χ0) is 20.1. The molecule has 7 heteroatoms. The molecule has 0 bridgehead atoms. The van der Waals surface area contributed by atoms with Gasteiger partial charge in [0, 0.05) is 27.2 Å². The van der Waals surface area contributed by atoms with E-state index in [0.29, 0.717) is 6.54 Å². The van der Waals surface area contributed by atoms with Crippen molar-refractivity contribution in [2.24, 2.45) is 12.0 Å². The first-order valence-corrected chi connectivity index (χ1v) is 10.4. The second kappa shape index (κ2) is 10.8. The number of rotatable bonds is 6. The van der Waals surface area contributed by atoms with Crippen LogP contribution in [0.3, 0.4) is 0 Å². The van der Waals surface area contributed by atoms with Crippen molar-refractivity contribution >= 4 is 41.0 Å². The molecule has 2 heterocycles. The smallest absolute Gasteiger partial charge is 0.191 e.